The number of carbonyl (C=O) groups is 1. The average Bonchev–Trinajstić information content (AvgIpc) is 2.92. The Labute approximate surface area is 116 Å². The van der Waals surface area contributed by atoms with Gasteiger partial charge in [-0.15, -0.1) is 0 Å². The number of anilines is 1. The molecule has 2 unspecified atom stereocenters. The topological polar surface area (TPSA) is 89.3 Å². The van der Waals surface area contributed by atoms with Gasteiger partial charge >= 0.3 is 0 Å². The van der Waals surface area contributed by atoms with Crippen LogP contribution in [0.25, 0.3) is 0 Å². The van der Waals surface area contributed by atoms with E-state index in [1.54, 1.807) is 0 Å². The van der Waals surface area contributed by atoms with Gasteiger partial charge < -0.3 is 15.5 Å². The summed E-state index contributed by atoms with van der Waals surface area (Å²) in [6.07, 6.45) is 3.32. The molecule has 0 spiro atoms. The fourth-order valence-corrected chi connectivity index (χ4v) is 2.42. The number of ether oxygens (including phenoxy) is 1. The number of nitrogens with two attached hydrogens (primary N) is 1. The predicted molar refractivity (Wildman–Crippen MR) is 72.5 cm³/mol. The number of nitrogen functional groups attached to an aromatic ring is 1. The van der Waals surface area contributed by atoms with Gasteiger partial charge in [-0.1, -0.05) is 6.92 Å². The van der Waals surface area contributed by atoms with Crippen molar-refractivity contribution in [3.05, 3.63) is 23.6 Å². The van der Waals surface area contributed by atoms with Gasteiger partial charge in [-0.25, -0.2) is 15.2 Å². The molecule has 2 heterocycles. The summed E-state index contributed by atoms with van der Waals surface area (Å²) in [5.74, 6) is 4.04. The van der Waals surface area contributed by atoms with E-state index < -0.39 is 11.7 Å². The Kier molecular flexibility index (Phi) is 4.86. The molecular formula is C13H19FN4O2. The fraction of sp³-hybridized carbons (Fsp3) is 0.538. The monoisotopic (exact) mass is 282 g/mol. The highest BCUT2D eigenvalue weighted by Crippen LogP contribution is 2.22. The van der Waals surface area contributed by atoms with Gasteiger partial charge in [0.05, 0.1) is 11.7 Å². The van der Waals surface area contributed by atoms with Crippen molar-refractivity contribution in [3.8, 4) is 0 Å². The smallest absolute Gasteiger partial charge is 0.254 e. The van der Waals surface area contributed by atoms with Crippen molar-refractivity contribution in [3.63, 3.8) is 0 Å². The lowest BCUT2D eigenvalue weighted by Crippen LogP contribution is -2.33. The fourth-order valence-electron chi connectivity index (χ4n) is 2.42. The molecule has 1 aliphatic heterocycles. The van der Waals surface area contributed by atoms with Gasteiger partial charge in [-0.2, -0.15) is 0 Å². The third kappa shape index (κ3) is 3.05. The third-order valence-electron chi connectivity index (χ3n) is 3.54. The SMILES string of the molecule is CCC1OCCC1CNC(=O)c1ccnc(NN)c1F. The van der Waals surface area contributed by atoms with Crippen molar-refractivity contribution in [2.75, 3.05) is 18.6 Å². The molecule has 1 aromatic rings. The molecule has 1 amide bonds. The lowest BCUT2D eigenvalue weighted by molar-refractivity contribution is 0.0825. The standard InChI is InChI=1S/C13H19FN4O2/c1-2-10-8(4-6-20-10)7-17-13(19)9-3-5-16-12(18-15)11(9)14/h3,5,8,10H,2,4,6-7,15H2,1H3,(H,16,18)(H,17,19). The van der Waals surface area contributed by atoms with Gasteiger partial charge in [-0.3, -0.25) is 4.79 Å². The Bertz CT molecular complexity index is 483. The van der Waals surface area contributed by atoms with Crippen LogP contribution in [0.3, 0.4) is 0 Å². The average molecular weight is 282 g/mol. The van der Waals surface area contributed by atoms with E-state index in [1.165, 1.54) is 12.3 Å². The van der Waals surface area contributed by atoms with Crippen LogP contribution in [0.15, 0.2) is 12.3 Å². The molecule has 0 bridgehead atoms. The van der Waals surface area contributed by atoms with E-state index in [0.717, 1.165) is 12.8 Å². The second kappa shape index (κ2) is 6.62. The molecule has 7 heteroatoms. The number of hydrazine groups is 1. The molecule has 0 saturated carbocycles. The van der Waals surface area contributed by atoms with Gasteiger partial charge in [0.15, 0.2) is 11.6 Å². The Balaban J connectivity index is 1.98. The Hall–Kier alpha value is -1.73. The lowest BCUT2D eigenvalue weighted by Gasteiger charge is -2.17. The zero-order valence-electron chi connectivity index (χ0n) is 11.4. The van der Waals surface area contributed by atoms with E-state index in [4.69, 9.17) is 10.6 Å². The van der Waals surface area contributed by atoms with Crippen molar-refractivity contribution in [1.82, 2.24) is 10.3 Å². The van der Waals surface area contributed by atoms with Crippen molar-refractivity contribution in [2.45, 2.75) is 25.9 Å². The maximum Gasteiger partial charge on any atom is 0.254 e. The molecule has 1 fully saturated rings. The van der Waals surface area contributed by atoms with E-state index in [0.29, 0.717) is 13.2 Å². The highest BCUT2D eigenvalue weighted by molar-refractivity contribution is 5.95. The molecule has 0 aliphatic carbocycles. The van der Waals surface area contributed by atoms with Gasteiger partial charge in [-0.05, 0) is 18.9 Å². The Morgan fingerprint density at radius 2 is 2.45 bits per heavy atom. The minimum absolute atomic E-state index is 0.0695. The van der Waals surface area contributed by atoms with Gasteiger partial charge in [0.25, 0.3) is 5.91 Å². The summed E-state index contributed by atoms with van der Waals surface area (Å²) in [5, 5.41) is 2.74. The maximum atomic E-state index is 13.9. The van der Waals surface area contributed by atoms with E-state index in [2.05, 4.69) is 15.7 Å². The van der Waals surface area contributed by atoms with E-state index >= 15 is 0 Å². The van der Waals surface area contributed by atoms with Gasteiger partial charge in [0.1, 0.15) is 0 Å². The van der Waals surface area contributed by atoms with Crippen LogP contribution in [-0.2, 0) is 4.74 Å². The normalized spacial score (nSPS) is 21.8. The number of carbonyl (C=O) groups excluding carboxylic acids is 1. The second-order valence-electron chi connectivity index (χ2n) is 4.74. The van der Waals surface area contributed by atoms with Crippen LogP contribution in [0.4, 0.5) is 10.2 Å². The summed E-state index contributed by atoms with van der Waals surface area (Å²) in [6, 6.07) is 1.33. The molecule has 0 radical (unpaired) electrons. The number of nitrogens with one attached hydrogen (secondary N) is 2. The van der Waals surface area contributed by atoms with Crippen LogP contribution in [0.1, 0.15) is 30.1 Å². The lowest BCUT2D eigenvalue weighted by atomic mass is 9.99. The molecule has 2 rings (SSSR count). The molecule has 1 aromatic heterocycles. The van der Waals surface area contributed by atoms with Crippen molar-refractivity contribution < 1.29 is 13.9 Å². The molecular weight excluding hydrogens is 263 g/mol. The highest BCUT2D eigenvalue weighted by atomic mass is 19.1. The van der Waals surface area contributed by atoms with Crippen molar-refractivity contribution in [1.29, 1.82) is 0 Å². The number of rotatable bonds is 5. The molecule has 20 heavy (non-hydrogen) atoms. The van der Waals surface area contributed by atoms with Crippen molar-refractivity contribution >= 4 is 11.7 Å². The van der Waals surface area contributed by atoms with Crippen LogP contribution in [-0.4, -0.2) is 30.1 Å². The molecule has 1 aliphatic rings. The number of pyridine rings is 1. The number of halogens is 1. The maximum absolute atomic E-state index is 13.9. The number of hydrogen-bond donors (Lipinski definition) is 3. The van der Waals surface area contributed by atoms with Crippen molar-refractivity contribution in [2.24, 2.45) is 11.8 Å². The van der Waals surface area contributed by atoms with Crippen LogP contribution < -0.4 is 16.6 Å². The number of amides is 1. The van der Waals surface area contributed by atoms with Crippen LogP contribution in [0.5, 0.6) is 0 Å². The van der Waals surface area contributed by atoms with Crippen LogP contribution in [0.2, 0.25) is 0 Å². The van der Waals surface area contributed by atoms with Crippen LogP contribution >= 0.6 is 0 Å². The third-order valence-corrected chi connectivity index (χ3v) is 3.54. The van der Waals surface area contributed by atoms with Gasteiger partial charge in [0.2, 0.25) is 0 Å². The summed E-state index contributed by atoms with van der Waals surface area (Å²) in [6.45, 7) is 3.24. The molecule has 2 atom stereocenters. The molecule has 0 aromatic carbocycles. The molecule has 6 nitrogen and oxygen atoms in total. The Morgan fingerprint density at radius 1 is 1.65 bits per heavy atom. The summed E-state index contributed by atoms with van der Waals surface area (Å²) < 4.78 is 19.4. The first kappa shape index (κ1) is 14.7. The molecule has 4 N–H and O–H groups in total. The minimum Gasteiger partial charge on any atom is -0.378 e. The largest absolute Gasteiger partial charge is 0.378 e. The number of hydrogen-bond acceptors (Lipinski definition) is 5. The summed E-state index contributed by atoms with van der Waals surface area (Å²) in [4.78, 5) is 15.7. The molecule has 110 valence electrons. The first-order valence-electron chi connectivity index (χ1n) is 6.68. The molecule has 1 saturated heterocycles. The summed E-state index contributed by atoms with van der Waals surface area (Å²) >= 11 is 0. The Morgan fingerprint density at radius 3 is 3.15 bits per heavy atom. The number of nitrogens with zero attached hydrogens (tertiary/aromatic N) is 1. The second-order valence-corrected chi connectivity index (χ2v) is 4.74. The van der Waals surface area contributed by atoms with Gasteiger partial charge in [0, 0.05) is 25.3 Å². The zero-order valence-corrected chi connectivity index (χ0v) is 11.4. The van der Waals surface area contributed by atoms with E-state index in [-0.39, 0.29) is 23.4 Å². The van der Waals surface area contributed by atoms with Crippen LogP contribution in [0, 0.1) is 11.7 Å². The van der Waals surface area contributed by atoms with E-state index in [9.17, 15) is 9.18 Å². The van der Waals surface area contributed by atoms with E-state index in [1.807, 2.05) is 6.92 Å². The number of aromatic nitrogens is 1. The quantitative estimate of drug-likeness (QED) is 0.555. The predicted octanol–water partition coefficient (Wildman–Crippen LogP) is 1.05. The summed E-state index contributed by atoms with van der Waals surface area (Å²) in [7, 11) is 0. The zero-order chi connectivity index (χ0) is 14.5. The first-order chi connectivity index (χ1) is 9.67. The summed E-state index contributed by atoms with van der Waals surface area (Å²) in [5.41, 5.74) is 2.05. The minimum atomic E-state index is -0.748. The highest BCUT2D eigenvalue weighted by Gasteiger charge is 2.27. The first-order valence-corrected chi connectivity index (χ1v) is 6.68.